The first kappa shape index (κ1) is 21.9. The van der Waals surface area contributed by atoms with Gasteiger partial charge in [-0.3, -0.25) is 9.52 Å². The lowest BCUT2D eigenvalue weighted by atomic mass is 9.89. The summed E-state index contributed by atoms with van der Waals surface area (Å²) in [4.78, 5) is 21.8. The van der Waals surface area contributed by atoms with E-state index in [-0.39, 0.29) is 11.2 Å². The number of nitrogens with zero attached hydrogens (tertiary/aromatic N) is 2. The zero-order chi connectivity index (χ0) is 22.2. The van der Waals surface area contributed by atoms with Crippen LogP contribution in [0.15, 0.2) is 41.9 Å². The Morgan fingerprint density at radius 1 is 1.23 bits per heavy atom. The van der Waals surface area contributed by atoms with Crippen LogP contribution in [0.1, 0.15) is 37.9 Å². The van der Waals surface area contributed by atoms with Crippen molar-refractivity contribution in [3.63, 3.8) is 0 Å². The molecule has 162 valence electrons. The highest BCUT2D eigenvalue weighted by Gasteiger charge is 2.34. The van der Waals surface area contributed by atoms with E-state index in [1.165, 1.54) is 11.3 Å². The van der Waals surface area contributed by atoms with E-state index in [0.717, 1.165) is 29.5 Å². The molecular weight excluding hydrogens is 452 g/mol. The fraction of sp³-hybridized carbons (Fsp3) is 0.318. The van der Waals surface area contributed by atoms with Crippen LogP contribution in [0.3, 0.4) is 0 Å². The summed E-state index contributed by atoms with van der Waals surface area (Å²) in [5.74, 6) is 0.246. The number of rotatable bonds is 7. The molecule has 2 N–H and O–H groups in total. The first-order valence-corrected chi connectivity index (χ1v) is 12.4. The normalized spacial score (nSPS) is 14.8. The predicted molar refractivity (Wildman–Crippen MR) is 128 cm³/mol. The van der Waals surface area contributed by atoms with Crippen LogP contribution >= 0.6 is 22.9 Å². The summed E-state index contributed by atoms with van der Waals surface area (Å²) < 4.78 is 15.0. The van der Waals surface area contributed by atoms with Crippen molar-refractivity contribution >= 4 is 50.8 Å². The van der Waals surface area contributed by atoms with Crippen LogP contribution in [-0.4, -0.2) is 25.3 Å². The number of benzene rings is 1. The molecule has 31 heavy (non-hydrogen) atoms. The number of anilines is 2. The lowest BCUT2D eigenvalue weighted by Gasteiger charge is -2.21. The second kappa shape index (κ2) is 8.68. The lowest BCUT2D eigenvalue weighted by molar-refractivity contribution is -0.120. The van der Waals surface area contributed by atoms with Crippen LogP contribution in [-0.2, 0) is 21.2 Å². The number of amides is 1. The molecule has 0 radical (unpaired) electrons. The van der Waals surface area contributed by atoms with Crippen LogP contribution < -0.4 is 10.0 Å². The molecular formula is C22H23ClN4O2S2. The summed E-state index contributed by atoms with van der Waals surface area (Å²) in [7, 11) is -1.11. The van der Waals surface area contributed by atoms with Crippen LogP contribution in [0, 0.1) is 6.92 Å². The number of aromatic nitrogens is 2. The highest BCUT2D eigenvalue weighted by atomic mass is 35.5. The Kier molecular flexibility index (Phi) is 6.14. The van der Waals surface area contributed by atoms with Gasteiger partial charge in [-0.15, -0.1) is 11.3 Å². The van der Waals surface area contributed by atoms with Gasteiger partial charge < -0.3 is 5.32 Å². The van der Waals surface area contributed by atoms with Crippen molar-refractivity contribution in [1.29, 1.82) is 0 Å². The number of carbonyl (C=O) groups excluding carboxylic acids is 1. The maximum absolute atomic E-state index is 12.9. The summed E-state index contributed by atoms with van der Waals surface area (Å²) in [5, 5.41) is 6.15. The predicted octanol–water partition coefficient (Wildman–Crippen LogP) is 5.32. The molecule has 3 aromatic rings. The van der Waals surface area contributed by atoms with Crippen LogP contribution in [0.25, 0.3) is 11.1 Å². The molecule has 1 aliphatic carbocycles. The minimum absolute atomic E-state index is 0.216. The standard InChI is InChI=1S/C22H23ClN4O2S2/c1-13-8-15(10-16(23)9-13)14-4-7-19(24-11-14)26-20(28)22(2,3)18-12-30-21(25-18)27-31(29)17-5-6-17/h4,7-12,17H,5-6H2,1-3H3,(H,25,27)(H,24,26,28). The molecule has 6 nitrogen and oxygen atoms in total. The van der Waals surface area contributed by atoms with E-state index in [4.69, 9.17) is 11.6 Å². The zero-order valence-electron chi connectivity index (χ0n) is 17.4. The lowest BCUT2D eigenvalue weighted by Crippen LogP contribution is -2.35. The Labute approximate surface area is 193 Å². The van der Waals surface area contributed by atoms with E-state index in [1.807, 2.05) is 50.4 Å². The smallest absolute Gasteiger partial charge is 0.237 e. The first-order valence-electron chi connectivity index (χ1n) is 9.91. The summed E-state index contributed by atoms with van der Waals surface area (Å²) in [6, 6.07) is 9.49. The summed E-state index contributed by atoms with van der Waals surface area (Å²) in [6.07, 6.45) is 3.68. The van der Waals surface area contributed by atoms with Crippen molar-refractivity contribution < 1.29 is 9.00 Å². The van der Waals surface area contributed by atoms with Gasteiger partial charge in [0.15, 0.2) is 5.13 Å². The SMILES string of the molecule is Cc1cc(Cl)cc(-c2ccc(NC(=O)C(C)(C)c3csc(NS(=O)C4CC4)n3)nc2)c1. The number of nitrogens with one attached hydrogen (secondary N) is 2. The molecule has 1 saturated carbocycles. The maximum Gasteiger partial charge on any atom is 0.237 e. The van der Waals surface area contributed by atoms with Crippen molar-refractivity contribution in [3.8, 4) is 11.1 Å². The van der Waals surface area contributed by atoms with Gasteiger partial charge >= 0.3 is 0 Å². The quantitative estimate of drug-likeness (QED) is 0.485. The molecule has 0 bridgehead atoms. The molecule has 0 spiro atoms. The monoisotopic (exact) mass is 474 g/mol. The highest BCUT2D eigenvalue weighted by Crippen LogP contribution is 2.31. The van der Waals surface area contributed by atoms with Crippen molar-refractivity contribution in [2.45, 2.75) is 44.3 Å². The van der Waals surface area contributed by atoms with Gasteiger partial charge in [-0.25, -0.2) is 14.2 Å². The molecule has 0 saturated heterocycles. The average Bonchev–Trinajstić information content (AvgIpc) is 3.47. The van der Waals surface area contributed by atoms with Gasteiger partial charge in [-0.1, -0.05) is 17.7 Å². The molecule has 1 amide bonds. The number of hydrogen-bond acceptors (Lipinski definition) is 5. The molecule has 1 atom stereocenters. The molecule has 1 aliphatic rings. The van der Waals surface area contributed by atoms with E-state index >= 15 is 0 Å². The number of pyridine rings is 1. The van der Waals surface area contributed by atoms with Gasteiger partial charge in [0, 0.05) is 22.2 Å². The van der Waals surface area contributed by atoms with Gasteiger partial charge in [0.2, 0.25) is 5.91 Å². The van der Waals surface area contributed by atoms with Gasteiger partial charge in [0.25, 0.3) is 0 Å². The fourth-order valence-electron chi connectivity index (χ4n) is 2.99. The van der Waals surface area contributed by atoms with Gasteiger partial charge in [-0.05, 0) is 69.0 Å². The van der Waals surface area contributed by atoms with E-state index < -0.39 is 16.4 Å². The van der Waals surface area contributed by atoms with Crippen molar-refractivity contribution in [2.24, 2.45) is 0 Å². The Balaban J connectivity index is 1.44. The summed E-state index contributed by atoms with van der Waals surface area (Å²) in [5.41, 5.74) is 2.71. The largest absolute Gasteiger partial charge is 0.310 e. The molecule has 2 aromatic heterocycles. The number of hydrogen-bond donors (Lipinski definition) is 2. The van der Waals surface area contributed by atoms with Gasteiger partial charge in [0.05, 0.1) is 16.4 Å². The van der Waals surface area contributed by atoms with Crippen LogP contribution in [0.5, 0.6) is 0 Å². The minimum Gasteiger partial charge on any atom is -0.310 e. The van der Waals surface area contributed by atoms with Gasteiger partial charge in [0.1, 0.15) is 16.8 Å². The third-order valence-electron chi connectivity index (χ3n) is 5.11. The van der Waals surface area contributed by atoms with E-state index in [9.17, 15) is 9.00 Å². The van der Waals surface area contributed by atoms with E-state index in [2.05, 4.69) is 20.0 Å². The third kappa shape index (κ3) is 5.14. The second-order valence-corrected chi connectivity index (χ2v) is 10.9. The molecule has 1 fully saturated rings. The maximum atomic E-state index is 12.9. The van der Waals surface area contributed by atoms with Crippen molar-refractivity contribution in [3.05, 3.63) is 58.2 Å². The van der Waals surface area contributed by atoms with Crippen LogP contribution in [0.2, 0.25) is 5.02 Å². The molecule has 4 rings (SSSR count). The number of carbonyl (C=O) groups is 1. The molecule has 1 unspecified atom stereocenters. The molecule has 1 aromatic carbocycles. The number of halogens is 1. The topological polar surface area (TPSA) is 84.0 Å². The van der Waals surface area contributed by atoms with Crippen molar-refractivity contribution in [2.75, 3.05) is 10.0 Å². The zero-order valence-corrected chi connectivity index (χ0v) is 19.8. The average molecular weight is 475 g/mol. The van der Waals surface area contributed by atoms with Crippen LogP contribution in [0.4, 0.5) is 10.9 Å². The van der Waals surface area contributed by atoms with E-state index in [0.29, 0.717) is 21.7 Å². The minimum atomic E-state index is -1.11. The van der Waals surface area contributed by atoms with Crippen molar-refractivity contribution in [1.82, 2.24) is 9.97 Å². The molecule has 2 heterocycles. The summed E-state index contributed by atoms with van der Waals surface area (Å²) >= 11 is 7.51. The first-order chi connectivity index (χ1) is 14.7. The Morgan fingerprint density at radius 2 is 2.00 bits per heavy atom. The number of thiazole rings is 1. The molecule has 9 heteroatoms. The van der Waals surface area contributed by atoms with E-state index in [1.54, 1.807) is 12.3 Å². The third-order valence-corrected chi connectivity index (χ3v) is 7.68. The molecule has 0 aliphatic heterocycles. The second-order valence-electron chi connectivity index (χ2n) is 8.17. The Bertz CT molecular complexity index is 1120. The Morgan fingerprint density at radius 3 is 2.65 bits per heavy atom. The highest BCUT2D eigenvalue weighted by molar-refractivity contribution is 7.87. The summed E-state index contributed by atoms with van der Waals surface area (Å²) in [6.45, 7) is 5.60. The van der Waals surface area contributed by atoms with Gasteiger partial charge in [-0.2, -0.15) is 0 Å². The fourth-order valence-corrected chi connectivity index (χ4v) is 5.39. The number of aryl methyl sites for hydroxylation is 1. The Hall–Kier alpha value is -2.29.